The zero-order chi connectivity index (χ0) is 13.1. The molecule has 1 atom stereocenters. The number of likely N-dealkylation sites (N-methyl/N-ethyl adjacent to an activating group) is 1. The summed E-state index contributed by atoms with van der Waals surface area (Å²) in [5, 5.41) is 0. The maximum absolute atomic E-state index is 6.11. The minimum atomic E-state index is 0.266. The molecule has 0 saturated carbocycles. The fraction of sp³-hybridized carbons (Fsp3) is 0.667. The van der Waals surface area contributed by atoms with Gasteiger partial charge in [-0.05, 0) is 45.5 Å². The number of aromatic nitrogens is 1. The van der Waals surface area contributed by atoms with E-state index in [0.29, 0.717) is 0 Å². The molecule has 2 aliphatic heterocycles. The van der Waals surface area contributed by atoms with Gasteiger partial charge in [0.15, 0.2) is 0 Å². The van der Waals surface area contributed by atoms with Crippen LogP contribution in [-0.2, 0) is 6.54 Å². The van der Waals surface area contributed by atoms with Crippen LogP contribution in [-0.4, -0.2) is 54.1 Å². The molecule has 0 bridgehead atoms. The van der Waals surface area contributed by atoms with Crippen molar-refractivity contribution in [1.29, 1.82) is 0 Å². The Labute approximate surface area is 115 Å². The molecule has 0 spiro atoms. The number of hydrogen-bond donors (Lipinski definition) is 0. The second kappa shape index (κ2) is 5.88. The Hall–Kier alpha value is -1.13. The van der Waals surface area contributed by atoms with Crippen LogP contribution in [0.5, 0.6) is 5.88 Å². The zero-order valence-electron chi connectivity index (χ0n) is 11.7. The largest absolute Gasteiger partial charge is 0.473 e. The number of ether oxygens (including phenoxy) is 1. The molecule has 1 fully saturated rings. The van der Waals surface area contributed by atoms with Crippen molar-refractivity contribution in [2.24, 2.45) is 0 Å². The first kappa shape index (κ1) is 12.9. The van der Waals surface area contributed by atoms with E-state index in [1.807, 2.05) is 12.3 Å². The third kappa shape index (κ3) is 3.25. The van der Waals surface area contributed by atoms with Crippen molar-refractivity contribution >= 4 is 0 Å². The lowest BCUT2D eigenvalue weighted by Gasteiger charge is -2.22. The van der Waals surface area contributed by atoms with Gasteiger partial charge >= 0.3 is 0 Å². The number of nitrogens with zero attached hydrogens (tertiary/aromatic N) is 3. The normalized spacial score (nSPS) is 24.8. The summed E-state index contributed by atoms with van der Waals surface area (Å²) in [6.45, 7) is 5.60. The van der Waals surface area contributed by atoms with E-state index in [1.54, 1.807) is 0 Å². The number of hydrogen-bond acceptors (Lipinski definition) is 4. The van der Waals surface area contributed by atoms with Crippen LogP contribution in [0.4, 0.5) is 0 Å². The molecule has 2 aliphatic rings. The highest BCUT2D eigenvalue weighted by Gasteiger charge is 2.22. The van der Waals surface area contributed by atoms with E-state index in [4.69, 9.17) is 4.74 Å². The van der Waals surface area contributed by atoms with Gasteiger partial charge in [0, 0.05) is 31.4 Å². The van der Waals surface area contributed by atoms with Crippen LogP contribution in [0.2, 0.25) is 0 Å². The zero-order valence-corrected chi connectivity index (χ0v) is 11.7. The Morgan fingerprint density at radius 3 is 3.05 bits per heavy atom. The van der Waals surface area contributed by atoms with E-state index in [0.717, 1.165) is 31.9 Å². The molecule has 4 nitrogen and oxygen atoms in total. The van der Waals surface area contributed by atoms with E-state index < -0.39 is 0 Å². The molecule has 1 aromatic rings. The third-order valence-electron chi connectivity index (χ3n) is 4.05. The summed E-state index contributed by atoms with van der Waals surface area (Å²) < 4.78 is 6.11. The Bertz CT molecular complexity index is 418. The first-order valence-electron chi connectivity index (χ1n) is 7.33. The molecule has 0 radical (unpaired) electrons. The minimum absolute atomic E-state index is 0.266. The average Bonchev–Trinajstić information content (AvgIpc) is 2.85. The molecule has 3 rings (SSSR count). The molecular weight excluding hydrogens is 238 g/mol. The second-order valence-electron chi connectivity index (χ2n) is 5.74. The Kier molecular flexibility index (Phi) is 3.99. The van der Waals surface area contributed by atoms with Crippen LogP contribution >= 0.6 is 0 Å². The van der Waals surface area contributed by atoms with Crippen LogP contribution in [0.15, 0.2) is 18.3 Å². The maximum Gasteiger partial charge on any atom is 0.218 e. The van der Waals surface area contributed by atoms with E-state index in [-0.39, 0.29) is 6.10 Å². The number of pyridine rings is 1. The van der Waals surface area contributed by atoms with E-state index >= 15 is 0 Å². The molecule has 19 heavy (non-hydrogen) atoms. The molecule has 4 heteroatoms. The fourth-order valence-electron chi connectivity index (χ4n) is 3.03. The van der Waals surface area contributed by atoms with Gasteiger partial charge < -0.3 is 9.64 Å². The third-order valence-corrected chi connectivity index (χ3v) is 4.05. The van der Waals surface area contributed by atoms with Crippen LogP contribution in [0.3, 0.4) is 0 Å². The van der Waals surface area contributed by atoms with Crippen molar-refractivity contribution in [3.05, 3.63) is 23.9 Å². The van der Waals surface area contributed by atoms with Gasteiger partial charge in [-0.25, -0.2) is 4.98 Å². The lowest BCUT2D eigenvalue weighted by molar-refractivity contribution is 0.135. The van der Waals surface area contributed by atoms with Gasteiger partial charge in [-0.3, -0.25) is 4.90 Å². The van der Waals surface area contributed by atoms with Crippen molar-refractivity contribution in [3.63, 3.8) is 0 Å². The van der Waals surface area contributed by atoms with Crippen molar-refractivity contribution in [3.8, 4) is 5.88 Å². The summed E-state index contributed by atoms with van der Waals surface area (Å²) in [6.07, 6.45) is 5.90. The smallest absolute Gasteiger partial charge is 0.218 e. The molecular formula is C15H23N3O. The predicted octanol–water partition coefficient (Wildman–Crippen LogP) is 1.76. The number of rotatable bonds is 3. The lowest BCUT2D eigenvalue weighted by atomic mass is 10.2. The predicted molar refractivity (Wildman–Crippen MR) is 75.3 cm³/mol. The lowest BCUT2D eigenvalue weighted by Crippen LogP contribution is -2.33. The highest BCUT2D eigenvalue weighted by atomic mass is 16.5. The van der Waals surface area contributed by atoms with Crippen LogP contribution in [0, 0.1) is 0 Å². The van der Waals surface area contributed by atoms with Gasteiger partial charge in [0.25, 0.3) is 0 Å². The molecule has 0 amide bonds. The van der Waals surface area contributed by atoms with Crippen molar-refractivity contribution in [1.82, 2.24) is 14.8 Å². The maximum atomic E-state index is 6.11. The monoisotopic (exact) mass is 261 g/mol. The van der Waals surface area contributed by atoms with Crippen LogP contribution in [0.1, 0.15) is 24.8 Å². The SMILES string of the molecule is CN1Cc2cccnc2OC(CCN2CCCC2)C1. The molecule has 1 unspecified atom stereocenters. The van der Waals surface area contributed by atoms with E-state index in [2.05, 4.69) is 27.9 Å². The highest BCUT2D eigenvalue weighted by Crippen LogP contribution is 2.22. The number of fused-ring (bicyclic) bond motifs is 1. The van der Waals surface area contributed by atoms with Crippen molar-refractivity contribution < 1.29 is 4.74 Å². The summed E-state index contributed by atoms with van der Waals surface area (Å²) in [7, 11) is 2.16. The Morgan fingerprint density at radius 2 is 2.21 bits per heavy atom. The van der Waals surface area contributed by atoms with E-state index in [9.17, 15) is 0 Å². The van der Waals surface area contributed by atoms with E-state index in [1.165, 1.54) is 31.5 Å². The first-order valence-corrected chi connectivity index (χ1v) is 7.33. The van der Waals surface area contributed by atoms with Crippen molar-refractivity contribution in [2.45, 2.75) is 31.9 Å². The summed E-state index contributed by atoms with van der Waals surface area (Å²) in [4.78, 5) is 9.27. The van der Waals surface area contributed by atoms with Gasteiger partial charge in [-0.2, -0.15) is 0 Å². The number of likely N-dealkylation sites (tertiary alicyclic amines) is 1. The van der Waals surface area contributed by atoms with Crippen molar-refractivity contribution in [2.75, 3.05) is 33.2 Å². The second-order valence-corrected chi connectivity index (χ2v) is 5.74. The van der Waals surface area contributed by atoms with Gasteiger partial charge in [-0.1, -0.05) is 6.07 Å². The summed E-state index contributed by atoms with van der Waals surface area (Å²) >= 11 is 0. The summed E-state index contributed by atoms with van der Waals surface area (Å²) in [5.41, 5.74) is 1.20. The summed E-state index contributed by atoms with van der Waals surface area (Å²) in [5.74, 6) is 0.832. The fourth-order valence-corrected chi connectivity index (χ4v) is 3.03. The minimum Gasteiger partial charge on any atom is -0.473 e. The summed E-state index contributed by atoms with van der Waals surface area (Å²) in [6, 6.07) is 4.10. The van der Waals surface area contributed by atoms with Crippen LogP contribution in [0.25, 0.3) is 0 Å². The van der Waals surface area contributed by atoms with Gasteiger partial charge in [0.1, 0.15) is 6.10 Å². The molecule has 104 valence electrons. The first-order chi connectivity index (χ1) is 9.31. The molecule has 0 aliphatic carbocycles. The van der Waals surface area contributed by atoms with Gasteiger partial charge in [0.2, 0.25) is 5.88 Å². The topological polar surface area (TPSA) is 28.6 Å². The molecule has 1 saturated heterocycles. The van der Waals surface area contributed by atoms with Crippen LogP contribution < -0.4 is 4.74 Å². The molecule has 3 heterocycles. The molecule has 1 aromatic heterocycles. The highest BCUT2D eigenvalue weighted by molar-refractivity contribution is 5.26. The Balaban J connectivity index is 1.62. The van der Waals surface area contributed by atoms with Gasteiger partial charge in [-0.15, -0.1) is 0 Å². The molecule has 0 aromatic carbocycles. The van der Waals surface area contributed by atoms with Gasteiger partial charge in [0.05, 0.1) is 0 Å². The molecule has 0 N–H and O–H groups in total. The standard InChI is InChI=1S/C15H23N3O/c1-17-11-13-5-4-7-16-15(13)19-14(12-17)6-10-18-8-2-3-9-18/h4-5,7,14H,2-3,6,8-12H2,1H3. The Morgan fingerprint density at radius 1 is 1.37 bits per heavy atom. The average molecular weight is 261 g/mol. The quantitative estimate of drug-likeness (QED) is 0.829.